The molecule has 0 aliphatic rings. The highest BCUT2D eigenvalue weighted by atomic mass is 19.1. The molecule has 1 aromatic carbocycles. The predicted octanol–water partition coefficient (Wildman–Crippen LogP) is 2.72. The first-order valence-electron chi connectivity index (χ1n) is 6.37. The van der Waals surface area contributed by atoms with E-state index in [4.69, 9.17) is 0 Å². The van der Waals surface area contributed by atoms with Gasteiger partial charge < -0.3 is 0 Å². The van der Waals surface area contributed by atoms with Gasteiger partial charge in [-0.2, -0.15) is 0 Å². The summed E-state index contributed by atoms with van der Waals surface area (Å²) in [5.41, 5.74) is 2.41. The van der Waals surface area contributed by atoms with Gasteiger partial charge >= 0.3 is 0 Å². The lowest BCUT2D eigenvalue weighted by Crippen LogP contribution is -2.03. The third kappa shape index (κ3) is 2.88. The van der Waals surface area contributed by atoms with Crippen molar-refractivity contribution in [2.75, 3.05) is 0 Å². The Hall–Kier alpha value is -2.56. The van der Waals surface area contributed by atoms with Crippen LogP contribution in [0.5, 0.6) is 0 Å². The van der Waals surface area contributed by atoms with Crippen LogP contribution in [0.3, 0.4) is 0 Å². The summed E-state index contributed by atoms with van der Waals surface area (Å²) in [5.74, 6) is -0.273. The van der Waals surface area contributed by atoms with Crippen LogP contribution in [-0.4, -0.2) is 20.0 Å². The molecule has 2 heterocycles. The van der Waals surface area contributed by atoms with E-state index in [9.17, 15) is 4.39 Å². The van der Waals surface area contributed by atoms with Crippen LogP contribution in [0.2, 0.25) is 0 Å². The Labute approximate surface area is 115 Å². The van der Waals surface area contributed by atoms with Crippen LogP contribution in [-0.2, 0) is 13.0 Å². The van der Waals surface area contributed by atoms with Crippen LogP contribution in [0.4, 0.5) is 4.39 Å². The van der Waals surface area contributed by atoms with Gasteiger partial charge in [-0.15, -0.1) is 5.10 Å². The molecule has 0 aliphatic carbocycles. The third-order valence-electron chi connectivity index (χ3n) is 2.98. The van der Waals surface area contributed by atoms with E-state index in [1.807, 2.05) is 30.5 Å². The molecule has 3 aromatic rings. The molecule has 0 saturated carbocycles. The van der Waals surface area contributed by atoms with E-state index < -0.39 is 0 Å². The first-order valence-corrected chi connectivity index (χ1v) is 6.37. The van der Waals surface area contributed by atoms with Crippen molar-refractivity contribution >= 4 is 0 Å². The second-order valence-electron chi connectivity index (χ2n) is 4.45. The highest BCUT2D eigenvalue weighted by Crippen LogP contribution is 2.16. The average molecular weight is 268 g/mol. The van der Waals surface area contributed by atoms with Gasteiger partial charge in [0.25, 0.3) is 0 Å². The van der Waals surface area contributed by atoms with E-state index in [1.165, 1.54) is 12.1 Å². The van der Waals surface area contributed by atoms with Gasteiger partial charge in [0, 0.05) is 30.4 Å². The molecule has 0 spiro atoms. The molecule has 0 saturated heterocycles. The normalized spacial score (nSPS) is 10.7. The van der Waals surface area contributed by atoms with E-state index in [0.717, 1.165) is 17.7 Å². The number of benzene rings is 1. The number of aryl methyl sites for hydroxylation is 2. The van der Waals surface area contributed by atoms with Crippen LogP contribution in [0.1, 0.15) is 5.69 Å². The molecule has 0 amide bonds. The average Bonchev–Trinajstić information content (AvgIpc) is 2.95. The molecule has 100 valence electrons. The predicted molar refractivity (Wildman–Crippen MR) is 73.4 cm³/mol. The van der Waals surface area contributed by atoms with Crippen molar-refractivity contribution in [2.24, 2.45) is 0 Å². The van der Waals surface area contributed by atoms with Crippen molar-refractivity contribution in [3.05, 3.63) is 66.4 Å². The number of nitrogens with zero attached hydrogens (tertiary/aromatic N) is 4. The fourth-order valence-electron chi connectivity index (χ4n) is 1.96. The maximum Gasteiger partial charge on any atom is 0.123 e. The SMILES string of the molecule is Fc1cccc(-c2cn(CCc3ccccn3)nn2)c1. The van der Waals surface area contributed by atoms with Gasteiger partial charge in [-0.3, -0.25) is 9.67 Å². The zero-order chi connectivity index (χ0) is 13.8. The number of hydrogen-bond acceptors (Lipinski definition) is 3. The van der Waals surface area contributed by atoms with Gasteiger partial charge in [-0.25, -0.2) is 4.39 Å². The Balaban J connectivity index is 1.71. The lowest BCUT2D eigenvalue weighted by atomic mass is 10.2. The summed E-state index contributed by atoms with van der Waals surface area (Å²) in [6.07, 6.45) is 4.37. The zero-order valence-electron chi connectivity index (χ0n) is 10.8. The Morgan fingerprint density at radius 3 is 2.85 bits per heavy atom. The van der Waals surface area contributed by atoms with Gasteiger partial charge in [0.2, 0.25) is 0 Å². The second-order valence-corrected chi connectivity index (χ2v) is 4.45. The molecule has 3 rings (SSSR count). The van der Waals surface area contributed by atoms with Crippen molar-refractivity contribution in [3.63, 3.8) is 0 Å². The molecule has 2 aromatic heterocycles. The fourth-order valence-corrected chi connectivity index (χ4v) is 1.96. The molecule has 0 unspecified atom stereocenters. The summed E-state index contributed by atoms with van der Waals surface area (Å²) in [6, 6.07) is 12.2. The summed E-state index contributed by atoms with van der Waals surface area (Å²) in [5, 5.41) is 8.12. The second kappa shape index (κ2) is 5.61. The molecule has 0 bridgehead atoms. The quantitative estimate of drug-likeness (QED) is 0.730. The van der Waals surface area contributed by atoms with Crippen molar-refractivity contribution in [1.29, 1.82) is 0 Å². The van der Waals surface area contributed by atoms with Gasteiger partial charge in [-0.1, -0.05) is 23.4 Å². The summed E-state index contributed by atoms with van der Waals surface area (Å²) < 4.78 is 14.9. The van der Waals surface area contributed by atoms with Crippen LogP contribution >= 0.6 is 0 Å². The first-order chi connectivity index (χ1) is 9.81. The number of halogens is 1. The van der Waals surface area contributed by atoms with Crippen LogP contribution in [0.25, 0.3) is 11.3 Å². The number of rotatable bonds is 4. The van der Waals surface area contributed by atoms with Gasteiger partial charge in [0.15, 0.2) is 0 Å². The summed E-state index contributed by atoms with van der Waals surface area (Å²) in [6.45, 7) is 0.694. The highest BCUT2D eigenvalue weighted by Gasteiger charge is 2.05. The van der Waals surface area contributed by atoms with E-state index >= 15 is 0 Å². The standard InChI is InChI=1S/C15H13FN4/c16-13-5-3-4-12(10-13)15-11-20(19-18-15)9-7-14-6-1-2-8-17-14/h1-6,8,10-11H,7,9H2. The summed E-state index contributed by atoms with van der Waals surface area (Å²) >= 11 is 0. The van der Waals surface area contributed by atoms with Gasteiger partial charge in [-0.05, 0) is 24.3 Å². The lowest BCUT2D eigenvalue weighted by molar-refractivity contribution is 0.584. The molecule has 0 N–H and O–H groups in total. The fraction of sp³-hybridized carbons (Fsp3) is 0.133. The topological polar surface area (TPSA) is 43.6 Å². The van der Waals surface area contributed by atoms with Crippen LogP contribution in [0.15, 0.2) is 54.9 Å². The third-order valence-corrected chi connectivity index (χ3v) is 2.98. The van der Waals surface area contributed by atoms with E-state index in [0.29, 0.717) is 12.2 Å². The lowest BCUT2D eigenvalue weighted by Gasteiger charge is -1.99. The van der Waals surface area contributed by atoms with Crippen LogP contribution in [0, 0.1) is 5.82 Å². The molecular formula is C15H13FN4. The Kier molecular flexibility index (Phi) is 3.50. The molecule has 5 heteroatoms. The minimum Gasteiger partial charge on any atom is -0.261 e. The van der Waals surface area contributed by atoms with Gasteiger partial charge in [0.05, 0.1) is 6.20 Å². The van der Waals surface area contributed by atoms with E-state index in [-0.39, 0.29) is 5.82 Å². The smallest absolute Gasteiger partial charge is 0.123 e. The van der Waals surface area contributed by atoms with E-state index in [1.54, 1.807) is 16.9 Å². The Morgan fingerprint density at radius 2 is 2.05 bits per heavy atom. The largest absolute Gasteiger partial charge is 0.261 e. The van der Waals surface area contributed by atoms with Crippen molar-refractivity contribution in [1.82, 2.24) is 20.0 Å². The molecular weight excluding hydrogens is 255 g/mol. The molecule has 4 nitrogen and oxygen atoms in total. The first kappa shape index (κ1) is 12.5. The minimum absolute atomic E-state index is 0.273. The Bertz CT molecular complexity index is 694. The van der Waals surface area contributed by atoms with Crippen LogP contribution < -0.4 is 0 Å². The maximum atomic E-state index is 13.2. The zero-order valence-corrected chi connectivity index (χ0v) is 10.8. The van der Waals surface area contributed by atoms with E-state index in [2.05, 4.69) is 15.3 Å². The monoisotopic (exact) mass is 268 g/mol. The molecule has 20 heavy (non-hydrogen) atoms. The van der Waals surface area contributed by atoms with Crippen molar-refractivity contribution < 1.29 is 4.39 Å². The summed E-state index contributed by atoms with van der Waals surface area (Å²) in [7, 11) is 0. The molecule has 0 atom stereocenters. The van der Waals surface area contributed by atoms with Gasteiger partial charge in [0.1, 0.15) is 11.5 Å². The molecule has 0 aliphatic heterocycles. The molecule has 0 radical (unpaired) electrons. The number of aromatic nitrogens is 4. The minimum atomic E-state index is -0.273. The molecule has 0 fully saturated rings. The number of pyridine rings is 1. The van der Waals surface area contributed by atoms with Crippen molar-refractivity contribution in [3.8, 4) is 11.3 Å². The summed E-state index contributed by atoms with van der Waals surface area (Å²) in [4.78, 5) is 4.26. The maximum absolute atomic E-state index is 13.2. The highest BCUT2D eigenvalue weighted by molar-refractivity contribution is 5.57. The van der Waals surface area contributed by atoms with Crippen molar-refractivity contribution in [2.45, 2.75) is 13.0 Å². The Morgan fingerprint density at radius 1 is 1.10 bits per heavy atom. The number of hydrogen-bond donors (Lipinski definition) is 0.